The van der Waals surface area contributed by atoms with Gasteiger partial charge in [0.25, 0.3) is 11.8 Å². The maximum absolute atomic E-state index is 12.4. The van der Waals surface area contributed by atoms with Crippen molar-refractivity contribution in [2.75, 3.05) is 26.1 Å². The molecule has 0 aliphatic carbocycles. The number of ether oxygens (including phenoxy) is 2. The fourth-order valence-corrected chi connectivity index (χ4v) is 2.78. The molecule has 1 N–H and O–H groups in total. The van der Waals surface area contributed by atoms with Crippen molar-refractivity contribution >= 4 is 35.0 Å². The van der Waals surface area contributed by atoms with Crippen molar-refractivity contribution in [2.24, 2.45) is 0 Å². The Morgan fingerprint density at radius 2 is 1.92 bits per heavy atom. The zero-order chi connectivity index (χ0) is 18.8. The van der Waals surface area contributed by atoms with Crippen LogP contribution in [0, 0.1) is 0 Å². The zero-order valence-electron chi connectivity index (χ0n) is 13.9. The molecule has 0 radical (unpaired) electrons. The van der Waals surface area contributed by atoms with Crippen LogP contribution in [-0.2, 0) is 4.79 Å². The number of halogens is 1. The van der Waals surface area contributed by atoms with E-state index in [1.807, 2.05) is 0 Å². The molecule has 0 saturated carbocycles. The minimum atomic E-state index is -0.610. The van der Waals surface area contributed by atoms with Crippen LogP contribution in [-0.4, -0.2) is 48.4 Å². The van der Waals surface area contributed by atoms with Crippen LogP contribution in [0.15, 0.2) is 30.5 Å². The van der Waals surface area contributed by atoms with Crippen molar-refractivity contribution < 1.29 is 23.9 Å². The molecule has 8 nitrogen and oxygen atoms in total. The Bertz CT molecular complexity index is 880. The molecular weight excluding hydrogens is 362 g/mol. The van der Waals surface area contributed by atoms with Gasteiger partial charge in [0, 0.05) is 18.3 Å². The van der Waals surface area contributed by atoms with E-state index in [1.165, 1.54) is 38.6 Å². The van der Waals surface area contributed by atoms with E-state index in [9.17, 15) is 14.4 Å². The fraction of sp³-hybridized carbons (Fsp3) is 0.176. The minimum Gasteiger partial charge on any atom is -0.495 e. The summed E-state index contributed by atoms with van der Waals surface area (Å²) in [5.41, 5.74) is 0.514. The number of methoxy groups -OCH3 is 2. The lowest BCUT2D eigenvalue weighted by Gasteiger charge is -2.16. The van der Waals surface area contributed by atoms with Gasteiger partial charge in [-0.3, -0.25) is 24.3 Å². The number of benzene rings is 1. The smallest absolute Gasteiger partial charge is 0.280 e. The van der Waals surface area contributed by atoms with Gasteiger partial charge in [-0.1, -0.05) is 11.6 Å². The van der Waals surface area contributed by atoms with E-state index < -0.39 is 24.3 Å². The summed E-state index contributed by atoms with van der Waals surface area (Å²) in [5, 5.41) is 2.90. The average Bonchev–Trinajstić information content (AvgIpc) is 2.88. The van der Waals surface area contributed by atoms with Crippen molar-refractivity contribution in [2.45, 2.75) is 0 Å². The molecule has 26 heavy (non-hydrogen) atoms. The summed E-state index contributed by atoms with van der Waals surface area (Å²) < 4.78 is 10.3. The number of hydrogen-bond acceptors (Lipinski definition) is 6. The Kier molecular flexibility index (Phi) is 4.77. The first-order chi connectivity index (χ1) is 12.5. The first-order valence-corrected chi connectivity index (χ1v) is 7.86. The zero-order valence-corrected chi connectivity index (χ0v) is 14.7. The van der Waals surface area contributed by atoms with Crippen LogP contribution in [0.5, 0.6) is 11.5 Å². The van der Waals surface area contributed by atoms with E-state index >= 15 is 0 Å². The quantitative estimate of drug-likeness (QED) is 0.802. The highest BCUT2D eigenvalue weighted by molar-refractivity contribution is 6.32. The lowest BCUT2D eigenvalue weighted by Crippen LogP contribution is -2.37. The van der Waals surface area contributed by atoms with E-state index in [0.29, 0.717) is 22.2 Å². The number of carbonyl (C=O) groups excluding carboxylic acids is 3. The minimum absolute atomic E-state index is 0.0380. The highest BCUT2D eigenvalue weighted by Crippen LogP contribution is 2.35. The third kappa shape index (κ3) is 3.06. The Morgan fingerprint density at radius 1 is 1.19 bits per heavy atom. The third-order valence-corrected chi connectivity index (χ3v) is 4.08. The standard InChI is InChI=1S/C17H14ClN3O5/c1-25-12-7-11(13(26-2)6-10(12)18)20-14(22)8-21-16(23)9-4-3-5-19-15(9)17(21)24/h3-7H,8H2,1-2H3,(H,20,22). The molecule has 0 saturated heterocycles. The molecule has 0 spiro atoms. The molecule has 3 amide bonds. The van der Waals surface area contributed by atoms with Gasteiger partial charge in [0.1, 0.15) is 23.7 Å². The summed E-state index contributed by atoms with van der Waals surface area (Å²) in [5.74, 6) is -1.10. The summed E-state index contributed by atoms with van der Waals surface area (Å²) in [6.45, 7) is -0.456. The number of nitrogens with zero attached hydrogens (tertiary/aromatic N) is 2. The topological polar surface area (TPSA) is 97.8 Å². The lowest BCUT2D eigenvalue weighted by atomic mass is 10.2. The maximum atomic E-state index is 12.4. The highest BCUT2D eigenvalue weighted by atomic mass is 35.5. The average molecular weight is 376 g/mol. The number of hydrogen-bond donors (Lipinski definition) is 1. The molecule has 1 aliphatic heterocycles. The lowest BCUT2D eigenvalue weighted by molar-refractivity contribution is -0.116. The molecule has 1 aromatic carbocycles. The van der Waals surface area contributed by atoms with E-state index in [0.717, 1.165) is 4.90 Å². The van der Waals surface area contributed by atoms with Crippen molar-refractivity contribution in [3.8, 4) is 11.5 Å². The van der Waals surface area contributed by atoms with Gasteiger partial charge in [0.05, 0.1) is 30.5 Å². The number of aromatic nitrogens is 1. The number of rotatable bonds is 5. The molecule has 2 heterocycles. The monoisotopic (exact) mass is 375 g/mol. The number of pyridine rings is 1. The van der Waals surface area contributed by atoms with Gasteiger partial charge < -0.3 is 14.8 Å². The first-order valence-electron chi connectivity index (χ1n) is 7.48. The van der Waals surface area contributed by atoms with Crippen LogP contribution < -0.4 is 14.8 Å². The van der Waals surface area contributed by atoms with Crippen LogP contribution in [0.1, 0.15) is 20.8 Å². The summed E-state index contributed by atoms with van der Waals surface area (Å²) in [6, 6.07) is 6.02. The molecule has 9 heteroatoms. The Balaban J connectivity index is 1.78. The maximum Gasteiger partial charge on any atom is 0.280 e. The second kappa shape index (κ2) is 7.01. The van der Waals surface area contributed by atoms with Crippen molar-refractivity contribution in [1.82, 2.24) is 9.88 Å². The van der Waals surface area contributed by atoms with Crippen molar-refractivity contribution in [3.05, 3.63) is 46.7 Å². The van der Waals surface area contributed by atoms with Crippen LogP contribution in [0.3, 0.4) is 0 Å². The van der Waals surface area contributed by atoms with Gasteiger partial charge >= 0.3 is 0 Å². The molecule has 134 valence electrons. The molecule has 1 aliphatic rings. The third-order valence-electron chi connectivity index (χ3n) is 3.78. The van der Waals surface area contributed by atoms with E-state index in [4.69, 9.17) is 21.1 Å². The van der Waals surface area contributed by atoms with Crippen LogP contribution in [0.25, 0.3) is 0 Å². The predicted octanol–water partition coefficient (Wildman–Crippen LogP) is 1.99. The normalized spacial score (nSPS) is 12.8. The van der Waals surface area contributed by atoms with Crippen molar-refractivity contribution in [3.63, 3.8) is 0 Å². The summed E-state index contributed by atoms with van der Waals surface area (Å²) in [6.07, 6.45) is 1.42. The summed E-state index contributed by atoms with van der Waals surface area (Å²) in [7, 11) is 2.86. The van der Waals surface area contributed by atoms with Crippen LogP contribution in [0.4, 0.5) is 5.69 Å². The van der Waals surface area contributed by atoms with Gasteiger partial charge in [-0.15, -0.1) is 0 Å². The number of anilines is 1. The van der Waals surface area contributed by atoms with Gasteiger partial charge in [-0.05, 0) is 12.1 Å². The fourth-order valence-electron chi connectivity index (χ4n) is 2.55. The Labute approximate surface area is 153 Å². The number of nitrogens with one attached hydrogen (secondary N) is 1. The van der Waals surface area contributed by atoms with Gasteiger partial charge in [-0.2, -0.15) is 0 Å². The molecular formula is C17H14ClN3O5. The number of fused-ring (bicyclic) bond motifs is 1. The van der Waals surface area contributed by atoms with Gasteiger partial charge in [0.15, 0.2) is 0 Å². The molecule has 0 unspecified atom stereocenters. The largest absolute Gasteiger partial charge is 0.495 e. The second-order valence-corrected chi connectivity index (χ2v) is 5.74. The molecule has 2 aromatic rings. The molecule has 0 fully saturated rings. The van der Waals surface area contributed by atoms with Crippen LogP contribution in [0.2, 0.25) is 5.02 Å². The predicted molar refractivity (Wildman–Crippen MR) is 92.8 cm³/mol. The molecule has 3 rings (SSSR count). The molecule has 0 atom stereocenters. The van der Waals surface area contributed by atoms with Gasteiger partial charge in [-0.25, -0.2) is 0 Å². The van der Waals surface area contributed by atoms with Gasteiger partial charge in [0.2, 0.25) is 5.91 Å². The summed E-state index contributed by atoms with van der Waals surface area (Å²) in [4.78, 5) is 41.6. The Hall–Kier alpha value is -3.13. The highest BCUT2D eigenvalue weighted by Gasteiger charge is 2.37. The van der Waals surface area contributed by atoms with E-state index in [-0.39, 0.29) is 11.3 Å². The SMILES string of the molecule is COc1cc(NC(=O)CN2C(=O)c3cccnc3C2=O)c(OC)cc1Cl. The number of amides is 3. The Morgan fingerprint density at radius 3 is 2.58 bits per heavy atom. The van der Waals surface area contributed by atoms with Crippen LogP contribution >= 0.6 is 11.6 Å². The number of carbonyl (C=O) groups is 3. The summed E-state index contributed by atoms with van der Waals surface area (Å²) >= 11 is 6.02. The first kappa shape index (κ1) is 17.7. The van der Waals surface area contributed by atoms with E-state index in [1.54, 1.807) is 6.07 Å². The number of imide groups is 1. The molecule has 1 aromatic heterocycles. The van der Waals surface area contributed by atoms with E-state index in [2.05, 4.69) is 10.3 Å². The second-order valence-electron chi connectivity index (χ2n) is 5.33. The molecule has 0 bridgehead atoms. The van der Waals surface area contributed by atoms with Crippen molar-refractivity contribution in [1.29, 1.82) is 0 Å².